The molecule has 1 amide bonds. The predicted molar refractivity (Wildman–Crippen MR) is 110 cm³/mol. The van der Waals surface area contributed by atoms with Gasteiger partial charge in [0.1, 0.15) is 0 Å². The Bertz CT molecular complexity index is 1100. The minimum atomic E-state index is -0.00986. The number of nitrogens with one attached hydrogen (secondary N) is 1. The molecule has 0 atom stereocenters. The van der Waals surface area contributed by atoms with Crippen LogP contribution < -0.4 is 5.32 Å². The number of aromatic nitrogens is 5. The topological polar surface area (TPSA) is 85.6 Å². The molecule has 0 spiro atoms. The molecule has 8 heteroatoms. The normalized spacial score (nSPS) is 11.1. The number of hydrogen-bond donors (Lipinski definition) is 1. The molecule has 0 aliphatic rings. The van der Waals surface area contributed by atoms with E-state index in [1.54, 1.807) is 16.0 Å². The van der Waals surface area contributed by atoms with E-state index in [9.17, 15) is 4.79 Å². The monoisotopic (exact) mass is 392 g/mol. The lowest BCUT2D eigenvalue weighted by Crippen LogP contribution is -2.12. The highest BCUT2D eigenvalue weighted by Gasteiger charge is 2.10. The standard InChI is InChI=1S/C20H20N6OS/c1-13-10-11-15(12-17(13)26-14(2)23-24-25-26)21-19(27)8-5-9-20-22-16-6-3-4-7-18(16)28-20/h3-4,6-7,10-12H,5,8-9H2,1-2H3,(H,21,27). The van der Waals surface area contributed by atoms with E-state index in [1.165, 1.54) is 4.70 Å². The van der Waals surface area contributed by atoms with Gasteiger partial charge in [-0.25, -0.2) is 4.98 Å². The van der Waals surface area contributed by atoms with Crippen LogP contribution in [0.1, 0.15) is 29.2 Å². The summed E-state index contributed by atoms with van der Waals surface area (Å²) in [5.41, 5.74) is 3.65. The molecule has 0 saturated heterocycles. The van der Waals surface area contributed by atoms with Gasteiger partial charge in [0.15, 0.2) is 5.82 Å². The molecule has 4 rings (SSSR count). The Morgan fingerprint density at radius 2 is 2.04 bits per heavy atom. The molecule has 7 nitrogen and oxygen atoms in total. The molecule has 1 N–H and O–H groups in total. The number of aryl methyl sites for hydroxylation is 3. The summed E-state index contributed by atoms with van der Waals surface area (Å²) in [6.45, 7) is 3.83. The fourth-order valence-corrected chi connectivity index (χ4v) is 4.03. The number of amides is 1. The summed E-state index contributed by atoms with van der Waals surface area (Å²) < 4.78 is 2.85. The molecule has 2 aromatic carbocycles. The minimum Gasteiger partial charge on any atom is -0.326 e. The highest BCUT2D eigenvalue weighted by Crippen LogP contribution is 2.23. The molecule has 2 heterocycles. The smallest absolute Gasteiger partial charge is 0.224 e. The SMILES string of the molecule is Cc1ccc(NC(=O)CCCc2nc3ccccc3s2)cc1-n1nnnc1C. The fraction of sp³-hybridized carbons (Fsp3) is 0.250. The molecular formula is C20H20N6OS. The Kier molecular flexibility index (Phi) is 5.12. The number of tetrazole rings is 1. The van der Waals surface area contributed by atoms with Crippen LogP contribution in [0, 0.1) is 13.8 Å². The summed E-state index contributed by atoms with van der Waals surface area (Å²) in [5.74, 6) is 0.687. The number of para-hydroxylation sites is 1. The number of nitrogens with zero attached hydrogens (tertiary/aromatic N) is 5. The van der Waals surface area contributed by atoms with Crippen molar-refractivity contribution in [2.45, 2.75) is 33.1 Å². The van der Waals surface area contributed by atoms with Gasteiger partial charge in [0.25, 0.3) is 0 Å². The van der Waals surface area contributed by atoms with Crippen molar-refractivity contribution in [1.82, 2.24) is 25.2 Å². The van der Waals surface area contributed by atoms with Crippen LogP contribution in [-0.4, -0.2) is 31.1 Å². The van der Waals surface area contributed by atoms with Crippen molar-refractivity contribution in [2.75, 3.05) is 5.32 Å². The van der Waals surface area contributed by atoms with Crippen molar-refractivity contribution in [3.63, 3.8) is 0 Å². The van der Waals surface area contributed by atoms with Gasteiger partial charge in [-0.1, -0.05) is 18.2 Å². The van der Waals surface area contributed by atoms with E-state index in [0.717, 1.165) is 40.3 Å². The van der Waals surface area contributed by atoms with E-state index in [2.05, 4.69) is 31.9 Å². The summed E-state index contributed by atoms with van der Waals surface area (Å²) in [7, 11) is 0. The third kappa shape index (κ3) is 3.91. The van der Waals surface area contributed by atoms with Crippen molar-refractivity contribution >= 4 is 33.1 Å². The van der Waals surface area contributed by atoms with Crippen molar-refractivity contribution in [1.29, 1.82) is 0 Å². The van der Waals surface area contributed by atoms with E-state index in [4.69, 9.17) is 0 Å². The number of carbonyl (C=O) groups is 1. The van der Waals surface area contributed by atoms with Crippen LogP contribution in [-0.2, 0) is 11.2 Å². The Balaban J connectivity index is 1.36. The summed E-state index contributed by atoms with van der Waals surface area (Å²) in [6, 6.07) is 13.8. The highest BCUT2D eigenvalue weighted by atomic mass is 32.1. The number of rotatable bonds is 6. The van der Waals surface area contributed by atoms with E-state index in [1.807, 2.05) is 50.2 Å². The van der Waals surface area contributed by atoms with Crippen LogP contribution in [0.15, 0.2) is 42.5 Å². The molecule has 0 aliphatic heterocycles. The molecule has 0 bridgehead atoms. The zero-order valence-corrected chi connectivity index (χ0v) is 16.5. The number of thiazole rings is 1. The van der Waals surface area contributed by atoms with E-state index >= 15 is 0 Å². The highest BCUT2D eigenvalue weighted by molar-refractivity contribution is 7.18. The van der Waals surface area contributed by atoms with Crippen LogP contribution >= 0.6 is 11.3 Å². The van der Waals surface area contributed by atoms with E-state index < -0.39 is 0 Å². The lowest BCUT2D eigenvalue weighted by Gasteiger charge is -2.10. The lowest BCUT2D eigenvalue weighted by molar-refractivity contribution is -0.116. The van der Waals surface area contributed by atoms with Crippen molar-refractivity contribution in [2.24, 2.45) is 0 Å². The first kappa shape index (κ1) is 18.2. The Morgan fingerprint density at radius 3 is 2.82 bits per heavy atom. The third-order valence-electron chi connectivity index (χ3n) is 4.48. The maximum atomic E-state index is 12.3. The maximum Gasteiger partial charge on any atom is 0.224 e. The van der Waals surface area contributed by atoms with Gasteiger partial charge in [-0.3, -0.25) is 4.79 Å². The molecule has 2 aromatic heterocycles. The largest absolute Gasteiger partial charge is 0.326 e. The fourth-order valence-electron chi connectivity index (χ4n) is 3.02. The quantitative estimate of drug-likeness (QED) is 0.539. The van der Waals surface area contributed by atoms with E-state index in [0.29, 0.717) is 12.2 Å². The molecule has 28 heavy (non-hydrogen) atoms. The Labute approximate surface area is 166 Å². The predicted octanol–water partition coefficient (Wildman–Crippen LogP) is 3.85. The van der Waals surface area contributed by atoms with Gasteiger partial charge in [-0.05, 0) is 66.9 Å². The minimum absolute atomic E-state index is 0.00986. The molecule has 4 aromatic rings. The molecule has 0 aliphatic carbocycles. The molecular weight excluding hydrogens is 372 g/mol. The van der Waals surface area contributed by atoms with Crippen LogP contribution in [0.5, 0.6) is 0 Å². The van der Waals surface area contributed by atoms with Crippen molar-refractivity contribution in [3.8, 4) is 5.69 Å². The van der Waals surface area contributed by atoms with Crippen LogP contribution in [0.2, 0.25) is 0 Å². The van der Waals surface area contributed by atoms with Gasteiger partial charge in [-0.2, -0.15) is 4.68 Å². The maximum absolute atomic E-state index is 12.3. The molecule has 142 valence electrons. The van der Waals surface area contributed by atoms with Crippen LogP contribution in [0.4, 0.5) is 5.69 Å². The number of anilines is 1. The van der Waals surface area contributed by atoms with Crippen LogP contribution in [0.3, 0.4) is 0 Å². The van der Waals surface area contributed by atoms with E-state index in [-0.39, 0.29) is 5.91 Å². The second-order valence-corrected chi connectivity index (χ2v) is 7.73. The summed E-state index contributed by atoms with van der Waals surface area (Å²) in [4.78, 5) is 17.0. The van der Waals surface area contributed by atoms with Crippen molar-refractivity contribution in [3.05, 3.63) is 58.9 Å². The number of hydrogen-bond acceptors (Lipinski definition) is 6. The first-order chi connectivity index (χ1) is 13.6. The second-order valence-electron chi connectivity index (χ2n) is 6.62. The average Bonchev–Trinajstić information content (AvgIpc) is 3.29. The lowest BCUT2D eigenvalue weighted by atomic mass is 10.1. The summed E-state index contributed by atoms with van der Waals surface area (Å²) in [6.07, 6.45) is 2.01. The van der Waals surface area contributed by atoms with Crippen LogP contribution in [0.25, 0.3) is 15.9 Å². The molecule has 0 unspecified atom stereocenters. The summed E-state index contributed by atoms with van der Waals surface area (Å²) >= 11 is 1.69. The second kappa shape index (κ2) is 7.85. The first-order valence-electron chi connectivity index (χ1n) is 9.10. The van der Waals surface area contributed by atoms with Gasteiger partial charge in [0.2, 0.25) is 5.91 Å². The summed E-state index contributed by atoms with van der Waals surface area (Å²) in [5, 5.41) is 15.6. The Hall–Kier alpha value is -3.13. The van der Waals surface area contributed by atoms with Gasteiger partial charge < -0.3 is 5.32 Å². The average molecular weight is 392 g/mol. The number of carbonyl (C=O) groups excluding carboxylic acids is 1. The molecule has 0 saturated carbocycles. The molecule has 0 radical (unpaired) electrons. The molecule has 0 fully saturated rings. The van der Waals surface area contributed by atoms with Gasteiger partial charge in [0, 0.05) is 12.1 Å². The number of benzene rings is 2. The zero-order valence-electron chi connectivity index (χ0n) is 15.7. The zero-order chi connectivity index (χ0) is 19.5. The first-order valence-corrected chi connectivity index (χ1v) is 9.92. The van der Waals surface area contributed by atoms with Gasteiger partial charge >= 0.3 is 0 Å². The van der Waals surface area contributed by atoms with Crippen molar-refractivity contribution < 1.29 is 4.79 Å². The van der Waals surface area contributed by atoms with Gasteiger partial charge in [0.05, 0.1) is 20.9 Å². The Morgan fingerprint density at radius 1 is 1.18 bits per heavy atom. The third-order valence-corrected chi connectivity index (χ3v) is 5.58. The number of fused-ring (bicyclic) bond motifs is 1. The van der Waals surface area contributed by atoms with Gasteiger partial charge in [-0.15, -0.1) is 16.4 Å².